The van der Waals surface area contributed by atoms with Crippen molar-refractivity contribution in [3.63, 3.8) is 0 Å². The molecule has 0 amide bonds. The molecule has 2 aromatic rings. The largest absolute Gasteiger partial charge is 0.457 e. The molecule has 0 fully saturated rings. The van der Waals surface area contributed by atoms with Gasteiger partial charge in [-0.15, -0.1) is 11.3 Å². The van der Waals surface area contributed by atoms with Gasteiger partial charge >= 0.3 is 11.9 Å². The number of thiocarbonyl (C=S) groups is 1. The number of hydrogen-bond acceptors (Lipinski definition) is 6. The number of rotatable bonds is 12. The summed E-state index contributed by atoms with van der Waals surface area (Å²) >= 11 is 6.61. The Hall–Kier alpha value is -2.45. The fraction of sp³-hybridized carbons (Fsp3) is 0.519. The van der Waals surface area contributed by atoms with E-state index in [0.717, 1.165) is 36.3 Å². The van der Waals surface area contributed by atoms with Crippen molar-refractivity contribution in [1.82, 2.24) is 5.32 Å². The molecule has 0 aliphatic carbocycles. The van der Waals surface area contributed by atoms with Crippen LogP contribution in [0.5, 0.6) is 0 Å². The zero-order chi connectivity index (χ0) is 25.8. The van der Waals surface area contributed by atoms with Crippen LogP contribution in [0.15, 0.2) is 30.3 Å². The van der Waals surface area contributed by atoms with Gasteiger partial charge in [0.2, 0.25) is 0 Å². The Labute approximate surface area is 218 Å². The zero-order valence-corrected chi connectivity index (χ0v) is 23.1. The van der Waals surface area contributed by atoms with Gasteiger partial charge in [0.05, 0.1) is 5.56 Å². The summed E-state index contributed by atoms with van der Waals surface area (Å²) in [5.41, 5.74) is 1.04. The van der Waals surface area contributed by atoms with Gasteiger partial charge in [-0.05, 0) is 57.5 Å². The van der Waals surface area contributed by atoms with Crippen LogP contribution in [0.4, 0.5) is 5.00 Å². The summed E-state index contributed by atoms with van der Waals surface area (Å²) < 4.78 is 11.1. The average Bonchev–Trinajstić information content (AvgIpc) is 3.12. The van der Waals surface area contributed by atoms with Crippen LogP contribution in [-0.2, 0) is 16.1 Å². The molecule has 0 saturated carbocycles. The highest BCUT2D eigenvalue weighted by atomic mass is 32.1. The highest BCUT2D eigenvalue weighted by molar-refractivity contribution is 7.80. The lowest BCUT2D eigenvalue weighted by molar-refractivity contribution is 0.00705. The Bertz CT molecular complexity index is 981. The number of hydrogen-bond donors (Lipinski definition) is 2. The third-order valence-electron chi connectivity index (χ3n) is 5.19. The Morgan fingerprint density at radius 2 is 1.66 bits per heavy atom. The van der Waals surface area contributed by atoms with Crippen molar-refractivity contribution in [3.05, 3.63) is 51.9 Å². The fourth-order valence-electron chi connectivity index (χ4n) is 3.41. The zero-order valence-electron chi connectivity index (χ0n) is 21.5. The average molecular weight is 519 g/mol. The van der Waals surface area contributed by atoms with Crippen LogP contribution < -0.4 is 10.6 Å². The van der Waals surface area contributed by atoms with Crippen molar-refractivity contribution in [3.8, 4) is 0 Å². The minimum Gasteiger partial charge on any atom is -0.457 e. The quantitative estimate of drug-likeness (QED) is 0.178. The first-order valence-corrected chi connectivity index (χ1v) is 13.5. The maximum Gasteiger partial charge on any atom is 0.349 e. The molecule has 8 heteroatoms. The molecule has 35 heavy (non-hydrogen) atoms. The van der Waals surface area contributed by atoms with Gasteiger partial charge < -0.3 is 20.1 Å². The van der Waals surface area contributed by atoms with E-state index >= 15 is 0 Å². The highest BCUT2D eigenvalue weighted by Gasteiger charge is 2.29. The summed E-state index contributed by atoms with van der Waals surface area (Å²) in [5.74, 6) is -0.991. The number of carbonyl (C=O) groups is 2. The van der Waals surface area contributed by atoms with Crippen molar-refractivity contribution < 1.29 is 19.1 Å². The lowest BCUT2D eigenvalue weighted by Gasteiger charge is -2.20. The van der Waals surface area contributed by atoms with Gasteiger partial charge in [-0.2, -0.15) is 0 Å². The summed E-state index contributed by atoms with van der Waals surface area (Å²) in [6.45, 7) is 10.3. The van der Waals surface area contributed by atoms with E-state index in [-0.39, 0.29) is 6.61 Å². The summed E-state index contributed by atoms with van der Waals surface area (Å²) in [6.07, 6.45) is 7.15. The molecule has 2 rings (SSSR count). The lowest BCUT2D eigenvalue weighted by Crippen LogP contribution is -2.30. The number of carbonyl (C=O) groups excluding carboxylic acids is 2. The van der Waals surface area contributed by atoms with Crippen LogP contribution in [0.1, 0.15) is 97.4 Å². The molecule has 0 radical (unpaired) electrons. The van der Waals surface area contributed by atoms with Crippen LogP contribution in [0.25, 0.3) is 0 Å². The van der Waals surface area contributed by atoms with E-state index in [2.05, 4.69) is 17.6 Å². The SMILES string of the molecule is CCCCCCCCNC(=S)Nc1sc(C(=O)OCc2ccccc2)c(C)c1C(=O)OC(C)(C)C. The van der Waals surface area contributed by atoms with Crippen LogP contribution in [0.2, 0.25) is 0 Å². The third kappa shape index (κ3) is 9.98. The predicted octanol–water partition coefficient (Wildman–Crippen LogP) is 7.02. The number of nitrogens with one attached hydrogen (secondary N) is 2. The second kappa shape index (κ2) is 14.2. The number of ether oxygens (including phenoxy) is 2. The number of anilines is 1. The molecular weight excluding hydrogens is 480 g/mol. The van der Waals surface area contributed by atoms with Gasteiger partial charge in [-0.25, -0.2) is 9.59 Å². The third-order valence-corrected chi connectivity index (χ3v) is 6.62. The molecule has 0 saturated heterocycles. The second-order valence-electron chi connectivity index (χ2n) is 9.47. The van der Waals surface area contributed by atoms with E-state index in [1.165, 1.54) is 25.7 Å². The fourth-order valence-corrected chi connectivity index (χ4v) is 4.78. The minimum atomic E-state index is -0.673. The molecule has 1 aromatic carbocycles. The van der Waals surface area contributed by atoms with Crippen molar-refractivity contribution in [2.75, 3.05) is 11.9 Å². The number of esters is 2. The molecule has 0 aliphatic rings. The molecule has 2 N–H and O–H groups in total. The molecule has 1 aromatic heterocycles. The summed E-state index contributed by atoms with van der Waals surface area (Å²) in [4.78, 5) is 26.2. The normalized spacial score (nSPS) is 11.1. The van der Waals surface area contributed by atoms with E-state index in [1.54, 1.807) is 27.7 Å². The monoisotopic (exact) mass is 518 g/mol. The van der Waals surface area contributed by atoms with Crippen LogP contribution in [0.3, 0.4) is 0 Å². The molecule has 0 unspecified atom stereocenters. The van der Waals surface area contributed by atoms with Crippen molar-refractivity contribution in [2.24, 2.45) is 0 Å². The molecule has 0 bridgehead atoms. The van der Waals surface area contributed by atoms with Gasteiger partial charge in [0, 0.05) is 6.54 Å². The maximum atomic E-state index is 13.0. The van der Waals surface area contributed by atoms with Gasteiger partial charge in [0.1, 0.15) is 22.1 Å². The topological polar surface area (TPSA) is 76.7 Å². The first-order valence-electron chi connectivity index (χ1n) is 12.2. The van der Waals surface area contributed by atoms with Crippen LogP contribution in [0, 0.1) is 6.92 Å². The summed E-state index contributed by atoms with van der Waals surface area (Å²) in [5, 5.41) is 7.20. The molecule has 0 atom stereocenters. The van der Waals surface area contributed by atoms with Gasteiger partial charge in [0.15, 0.2) is 5.11 Å². The van der Waals surface area contributed by atoms with E-state index in [0.29, 0.717) is 26.1 Å². The minimum absolute atomic E-state index is 0.153. The molecule has 192 valence electrons. The Balaban J connectivity index is 2.10. The maximum absolute atomic E-state index is 13.0. The van der Waals surface area contributed by atoms with Crippen molar-refractivity contribution >= 4 is 45.6 Å². The molecule has 6 nitrogen and oxygen atoms in total. The van der Waals surface area contributed by atoms with Crippen LogP contribution in [-0.4, -0.2) is 29.2 Å². The van der Waals surface area contributed by atoms with E-state index in [9.17, 15) is 9.59 Å². The smallest absolute Gasteiger partial charge is 0.349 e. The number of thiophene rings is 1. The highest BCUT2D eigenvalue weighted by Crippen LogP contribution is 2.35. The Morgan fingerprint density at radius 3 is 2.31 bits per heavy atom. The lowest BCUT2D eigenvalue weighted by atomic mass is 10.1. The number of benzene rings is 1. The molecular formula is C27H38N2O4S2. The molecule has 0 spiro atoms. The predicted molar refractivity (Wildman–Crippen MR) is 147 cm³/mol. The summed E-state index contributed by atoms with van der Waals surface area (Å²) in [6, 6.07) is 9.47. The first kappa shape index (κ1) is 28.8. The first-order chi connectivity index (χ1) is 16.6. The van der Waals surface area contributed by atoms with E-state index in [4.69, 9.17) is 21.7 Å². The number of unbranched alkanes of at least 4 members (excludes halogenated alkanes) is 5. The van der Waals surface area contributed by atoms with Crippen LogP contribution >= 0.6 is 23.6 Å². The van der Waals surface area contributed by atoms with Crippen molar-refractivity contribution in [2.45, 2.75) is 85.4 Å². The Morgan fingerprint density at radius 1 is 1.00 bits per heavy atom. The molecule has 0 aliphatic heterocycles. The van der Waals surface area contributed by atoms with Crippen molar-refractivity contribution in [1.29, 1.82) is 0 Å². The standard InChI is InChI=1S/C27H38N2O4S2/c1-6-7-8-9-10-14-17-28-26(34)29-23-21(24(30)33-27(3,4)5)19(2)22(35-23)25(31)32-18-20-15-12-11-13-16-20/h11-13,15-16H,6-10,14,17-18H2,1-5H3,(H2,28,29,34). The van der Waals surface area contributed by atoms with Gasteiger partial charge in [-0.3, -0.25) is 0 Å². The van der Waals surface area contributed by atoms with Gasteiger partial charge in [0.25, 0.3) is 0 Å². The van der Waals surface area contributed by atoms with E-state index in [1.807, 2.05) is 30.3 Å². The van der Waals surface area contributed by atoms with Gasteiger partial charge in [-0.1, -0.05) is 69.4 Å². The Kier molecular flexibility index (Phi) is 11.7. The van der Waals surface area contributed by atoms with E-state index < -0.39 is 17.5 Å². The second-order valence-corrected chi connectivity index (χ2v) is 10.9. The summed E-state index contributed by atoms with van der Waals surface area (Å²) in [7, 11) is 0. The molecule has 1 heterocycles.